The van der Waals surface area contributed by atoms with Gasteiger partial charge in [0.1, 0.15) is 0 Å². The van der Waals surface area contributed by atoms with Gasteiger partial charge in [-0.3, -0.25) is 5.26 Å². The summed E-state index contributed by atoms with van der Waals surface area (Å²) in [7, 11) is 0. The van der Waals surface area contributed by atoms with E-state index in [4.69, 9.17) is 5.26 Å². The molecule has 2 atom stereocenters. The van der Waals surface area contributed by atoms with Gasteiger partial charge in [0.25, 0.3) is 0 Å². The topological polar surface area (TPSA) is 29.5 Å². The van der Waals surface area contributed by atoms with Crippen molar-refractivity contribution in [2.45, 2.75) is 67.7 Å². The summed E-state index contributed by atoms with van der Waals surface area (Å²) in [4.78, 5) is 4.35. The smallest absolute Gasteiger partial charge is 0.0873 e. The van der Waals surface area contributed by atoms with Crippen LogP contribution in [0.3, 0.4) is 0 Å². The first-order valence-electron chi connectivity index (χ1n) is 6.91. The van der Waals surface area contributed by atoms with Crippen molar-refractivity contribution in [3.8, 4) is 0 Å². The van der Waals surface area contributed by atoms with E-state index in [2.05, 4.69) is 53.4 Å². The van der Waals surface area contributed by atoms with Gasteiger partial charge in [-0.25, -0.2) is 4.89 Å². The number of hydrogen-bond donors (Lipinski definition) is 1. The van der Waals surface area contributed by atoms with Crippen molar-refractivity contribution in [2.75, 3.05) is 6.61 Å². The summed E-state index contributed by atoms with van der Waals surface area (Å²) in [5.41, 5.74) is 0.395. The van der Waals surface area contributed by atoms with Crippen LogP contribution in [-0.2, 0) is 4.89 Å². The largest absolute Gasteiger partial charge is 0.252 e. The molecule has 0 heterocycles. The minimum absolute atomic E-state index is 0.0337. The Morgan fingerprint density at radius 2 is 1.65 bits per heavy atom. The van der Waals surface area contributed by atoms with Gasteiger partial charge in [0.05, 0.1) is 6.61 Å². The third kappa shape index (κ3) is 5.87. The Kier molecular flexibility index (Phi) is 6.71. The van der Waals surface area contributed by atoms with E-state index < -0.39 is 0 Å². The van der Waals surface area contributed by atoms with E-state index in [1.807, 2.05) is 0 Å². The summed E-state index contributed by atoms with van der Waals surface area (Å²) >= 11 is 0. The van der Waals surface area contributed by atoms with Crippen LogP contribution in [0.4, 0.5) is 0 Å². The maximum absolute atomic E-state index is 8.65. The molecular weight excluding hydrogens is 212 g/mol. The Balaban J connectivity index is 4.55. The highest BCUT2D eigenvalue weighted by molar-refractivity contribution is 4.81. The standard InChI is InChI=1S/C15H32O2/c1-8-9-13(14(3,4)5)10-12(2)15(6,7)11-17-16/h12-13,16H,8-11H2,1-7H3. The van der Waals surface area contributed by atoms with Crippen molar-refractivity contribution in [1.82, 2.24) is 0 Å². The van der Waals surface area contributed by atoms with Gasteiger partial charge in [-0.1, -0.05) is 61.3 Å². The summed E-state index contributed by atoms with van der Waals surface area (Å²) in [6, 6.07) is 0. The van der Waals surface area contributed by atoms with E-state index in [0.717, 1.165) is 5.92 Å². The lowest BCUT2D eigenvalue weighted by Crippen LogP contribution is -2.32. The van der Waals surface area contributed by atoms with Gasteiger partial charge < -0.3 is 0 Å². The SMILES string of the molecule is CCCC(CC(C)C(C)(C)COO)C(C)(C)C. The number of hydrogen-bond acceptors (Lipinski definition) is 2. The maximum atomic E-state index is 8.65. The highest BCUT2D eigenvalue weighted by atomic mass is 17.1. The van der Waals surface area contributed by atoms with E-state index in [1.165, 1.54) is 19.3 Å². The van der Waals surface area contributed by atoms with Gasteiger partial charge in [-0.2, -0.15) is 0 Å². The van der Waals surface area contributed by atoms with Crippen molar-refractivity contribution in [3.63, 3.8) is 0 Å². The Bertz CT molecular complexity index is 203. The molecule has 0 spiro atoms. The average Bonchev–Trinajstić information content (AvgIpc) is 2.15. The highest BCUT2D eigenvalue weighted by Crippen LogP contribution is 2.39. The Hall–Kier alpha value is -0.0800. The second kappa shape index (κ2) is 6.75. The summed E-state index contributed by atoms with van der Waals surface area (Å²) in [6.07, 6.45) is 3.73. The van der Waals surface area contributed by atoms with Crippen LogP contribution >= 0.6 is 0 Å². The van der Waals surface area contributed by atoms with E-state index >= 15 is 0 Å². The van der Waals surface area contributed by atoms with Crippen molar-refractivity contribution < 1.29 is 10.1 Å². The fraction of sp³-hybridized carbons (Fsp3) is 1.00. The zero-order valence-electron chi connectivity index (χ0n) is 12.8. The molecule has 0 radical (unpaired) electrons. The molecule has 0 saturated carbocycles. The van der Waals surface area contributed by atoms with Crippen LogP contribution in [0.2, 0.25) is 0 Å². The Morgan fingerprint density at radius 3 is 2.00 bits per heavy atom. The predicted octanol–water partition coefficient (Wildman–Crippen LogP) is 4.99. The first-order chi connectivity index (χ1) is 7.65. The van der Waals surface area contributed by atoms with Gasteiger partial charge in [0.15, 0.2) is 0 Å². The van der Waals surface area contributed by atoms with Gasteiger partial charge in [0, 0.05) is 0 Å². The second-order valence-corrected chi connectivity index (χ2v) is 7.25. The van der Waals surface area contributed by atoms with E-state index in [1.54, 1.807) is 0 Å². The number of rotatable bonds is 7. The first kappa shape index (κ1) is 16.9. The first-order valence-corrected chi connectivity index (χ1v) is 6.91. The average molecular weight is 244 g/mol. The molecule has 0 aromatic rings. The van der Waals surface area contributed by atoms with Crippen LogP contribution in [0, 0.1) is 22.7 Å². The normalized spacial score (nSPS) is 16.9. The van der Waals surface area contributed by atoms with Crippen LogP contribution in [0.15, 0.2) is 0 Å². The van der Waals surface area contributed by atoms with Crippen LogP contribution in [0.25, 0.3) is 0 Å². The van der Waals surface area contributed by atoms with Crippen LogP contribution < -0.4 is 0 Å². The fourth-order valence-corrected chi connectivity index (χ4v) is 2.31. The summed E-state index contributed by atoms with van der Waals surface area (Å²) in [5.74, 6) is 1.28. The van der Waals surface area contributed by atoms with Gasteiger partial charge in [-0.15, -0.1) is 0 Å². The molecule has 0 aliphatic rings. The Labute approximate surface area is 108 Å². The van der Waals surface area contributed by atoms with Crippen molar-refractivity contribution in [2.24, 2.45) is 22.7 Å². The molecule has 0 aliphatic carbocycles. The molecule has 2 unspecified atom stereocenters. The molecule has 0 aromatic heterocycles. The summed E-state index contributed by atoms with van der Waals surface area (Å²) < 4.78 is 0. The van der Waals surface area contributed by atoms with E-state index in [9.17, 15) is 0 Å². The lowest BCUT2D eigenvalue weighted by molar-refractivity contribution is -0.264. The quantitative estimate of drug-likeness (QED) is 0.505. The molecule has 2 heteroatoms. The molecule has 0 fully saturated rings. The zero-order valence-corrected chi connectivity index (χ0v) is 12.8. The van der Waals surface area contributed by atoms with Gasteiger partial charge in [-0.05, 0) is 29.1 Å². The lowest BCUT2D eigenvalue weighted by atomic mass is 9.68. The van der Waals surface area contributed by atoms with Gasteiger partial charge >= 0.3 is 0 Å². The minimum Gasteiger partial charge on any atom is -0.252 e. The molecule has 104 valence electrons. The van der Waals surface area contributed by atoms with Crippen LogP contribution in [0.1, 0.15) is 67.7 Å². The molecular formula is C15H32O2. The molecule has 0 aliphatic heterocycles. The lowest BCUT2D eigenvalue weighted by Gasteiger charge is -2.38. The zero-order chi connectivity index (χ0) is 13.7. The fourth-order valence-electron chi connectivity index (χ4n) is 2.31. The molecule has 0 amide bonds. The molecule has 0 bridgehead atoms. The minimum atomic E-state index is 0.0337. The highest BCUT2D eigenvalue weighted by Gasteiger charge is 2.32. The van der Waals surface area contributed by atoms with Crippen LogP contribution in [0.5, 0.6) is 0 Å². The Morgan fingerprint density at radius 1 is 1.12 bits per heavy atom. The molecule has 2 nitrogen and oxygen atoms in total. The van der Waals surface area contributed by atoms with Crippen molar-refractivity contribution in [3.05, 3.63) is 0 Å². The second-order valence-electron chi connectivity index (χ2n) is 7.25. The molecule has 0 rings (SSSR count). The van der Waals surface area contributed by atoms with Gasteiger partial charge in [0.2, 0.25) is 0 Å². The van der Waals surface area contributed by atoms with Crippen molar-refractivity contribution in [1.29, 1.82) is 0 Å². The monoisotopic (exact) mass is 244 g/mol. The summed E-state index contributed by atoms with van der Waals surface area (Å²) in [6.45, 7) is 16.3. The predicted molar refractivity (Wildman–Crippen MR) is 74.0 cm³/mol. The molecule has 0 aromatic carbocycles. The third-order valence-electron chi connectivity index (χ3n) is 4.27. The summed E-state index contributed by atoms with van der Waals surface area (Å²) in [5, 5.41) is 8.65. The molecule has 1 N–H and O–H groups in total. The van der Waals surface area contributed by atoms with E-state index in [0.29, 0.717) is 17.9 Å². The van der Waals surface area contributed by atoms with Crippen molar-refractivity contribution >= 4 is 0 Å². The molecule has 17 heavy (non-hydrogen) atoms. The van der Waals surface area contributed by atoms with Crippen LogP contribution in [-0.4, -0.2) is 11.9 Å². The maximum Gasteiger partial charge on any atom is 0.0873 e. The van der Waals surface area contributed by atoms with E-state index in [-0.39, 0.29) is 5.41 Å². The third-order valence-corrected chi connectivity index (χ3v) is 4.27. The molecule has 0 saturated heterocycles.